The first kappa shape index (κ1) is 13.2. The maximum atomic E-state index is 12.3. The molecule has 0 aliphatic carbocycles. The van der Waals surface area contributed by atoms with Gasteiger partial charge >= 0.3 is 0 Å². The lowest BCUT2D eigenvalue weighted by molar-refractivity contribution is -0.135. The van der Waals surface area contributed by atoms with Crippen LogP contribution in [0.15, 0.2) is 24.3 Å². The summed E-state index contributed by atoms with van der Waals surface area (Å²) >= 11 is 0. The first-order valence-electron chi connectivity index (χ1n) is 7.42. The fourth-order valence-electron chi connectivity index (χ4n) is 3.08. The standard InChI is InChI=1S/C16H20N2O2/c19-15(17-9-4-1-5-10-17)12-16(20)18-11-8-13-6-2-3-7-14(13)18/h2-3,6-7H,1,4-5,8-12H2. The minimum absolute atomic E-state index is 0.00827. The van der Waals surface area contributed by atoms with Crippen molar-refractivity contribution in [3.8, 4) is 0 Å². The highest BCUT2D eigenvalue weighted by molar-refractivity contribution is 6.05. The van der Waals surface area contributed by atoms with Crippen LogP contribution < -0.4 is 4.90 Å². The molecule has 106 valence electrons. The number of rotatable bonds is 2. The van der Waals surface area contributed by atoms with Gasteiger partial charge in [-0.2, -0.15) is 0 Å². The summed E-state index contributed by atoms with van der Waals surface area (Å²) in [5.41, 5.74) is 2.18. The molecule has 1 aromatic rings. The van der Waals surface area contributed by atoms with Gasteiger partial charge in [-0.25, -0.2) is 0 Å². The summed E-state index contributed by atoms with van der Waals surface area (Å²) in [6, 6.07) is 7.95. The number of piperidine rings is 1. The third-order valence-corrected chi connectivity index (χ3v) is 4.20. The zero-order valence-electron chi connectivity index (χ0n) is 11.7. The van der Waals surface area contributed by atoms with Gasteiger partial charge in [-0.15, -0.1) is 0 Å². The van der Waals surface area contributed by atoms with Gasteiger partial charge < -0.3 is 9.80 Å². The summed E-state index contributed by atoms with van der Waals surface area (Å²) in [7, 11) is 0. The lowest BCUT2D eigenvalue weighted by atomic mass is 10.1. The van der Waals surface area contributed by atoms with Crippen LogP contribution in [0.3, 0.4) is 0 Å². The Bertz CT molecular complexity index is 521. The molecule has 0 spiro atoms. The van der Waals surface area contributed by atoms with Crippen LogP contribution in [0.2, 0.25) is 0 Å². The molecule has 1 fully saturated rings. The number of amides is 2. The van der Waals surface area contributed by atoms with Crippen LogP contribution in [0.25, 0.3) is 0 Å². The molecule has 0 aromatic heterocycles. The lowest BCUT2D eigenvalue weighted by Gasteiger charge is -2.27. The molecule has 0 unspecified atom stereocenters. The first-order valence-corrected chi connectivity index (χ1v) is 7.42. The van der Waals surface area contributed by atoms with Crippen molar-refractivity contribution in [2.75, 3.05) is 24.5 Å². The number of likely N-dealkylation sites (tertiary alicyclic amines) is 1. The number of fused-ring (bicyclic) bond motifs is 1. The summed E-state index contributed by atoms with van der Waals surface area (Å²) in [4.78, 5) is 28.1. The molecule has 1 saturated heterocycles. The van der Waals surface area contributed by atoms with Crippen LogP contribution in [-0.4, -0.2) is 36.3 Å². The number of hydrogen-bond donors (Lipinski definition) is 0. The van der Waals surface area contributed by atoms with E-state index in [0.29, 0.717) is 6.54 Å². The summed E-state index contributed by atoms with van der Waals surface area (Å²) in [6.45, 7) is 2.32. The van der Waals surface area contributed by atoms with Crippen molar-refractivity contribution in [2.24, 2.45) is 0 Å². The molecule has 0 radical (unpaired) electrons. The molecule has 0 saturated carbocycles. The van der Waals surface area contributed by atoms with E-state index in [1.165, 1.54) is 12.0 Å². The summed E-state index contributed by atoms with van der Waals surface area (Å²) in [5.74, 6) is -0.0791. The van der Waals surface area contributed by atoms with Crippen molar-refractivity contribution in [2.45, 2.75) is 32.1 Å². The van der Waals surface area contributed by atoms with E-state index in [1.807, 2.05) is 23.1 Å². The largest absolute Gasteiger partial charge is 0.342 e. The van der Waals surface area contributed by atoms with E-state index < -0.39 is 0 Å². The molecule has 0 atom stereocenters. The van der Waals surface area contributed by atoms with E-state index in [4.69, 9.17) is 0 Å². The van der Waals surface area contributed by atoms with Gasteiger partial charge in [0.2, 0.25) is 11.8 Å². The van der Waals surface area contributed by atoms with Crippen molar-refractivity contribution in [1.29, 1.82) is 0 Å². The van der Waals surface area contributed by atoms with Crippen LogP contribution in [0, 0.1) is 0 Å². The topological polar surface area (TPSA) is 40.6 Å². The molecule has 2 aliphatic heterocycles. The molecule has 4 nitrogen and oxygen atoms in total. The molecule has 1 aromatic carbocycles. The third kappa shape index (κ3) is 2.55. The molecule has 0 N–H and O–H groups in total. The minimum atomic E-state index is -0.0643. The molecular formula is C16H20N2O2. The Morgan fingerprint density at radius 3 is 2.50 bits per heavy atom. The van der Waals surface area contributed by atoms with Crippen LogP contribution in [0.1, 0.15) is 31.2 Å². The van der Waals surface area contributed by atoms with E-state index in [9.17, 15) is 9.59 Å². The van der Waals surface area contributed by atoms with Crippen molar-refractivity contribution in [3.63, 3.8) is 0 Å². The molecule has 20 heavy (non-hydrogen) atoms. The second-order valence-electron chi connectivity index (χ2n) is 5.54. The molecule has 3 rings (SSSR count). The van der Waals surface area contributed by atoms with Crippen LogP contribution in [-0.2, 0) is 16.0 Å². The summed E-state index contributed by atoms with van der Waals surface area (Å²) in [5, 5.41) is 0. The number of benzene rings is 1. The highest BCUT2D eigenvalue weighted by Crippen LogP contribution is 2.28. The third-order valence-electron chi connectivity index (χ3n) is 4.20. The van der Waals surface area contributed by atoms with Crippen LogP contribution in [0.4, 0.5) is 5.69 Å². The predicted octanol–water partition coefficient (Wildman–Crippen LogP) is 1.98. The number of nitrogens with zero attached hydrogens (tertiary/aromatic N) is 2. The molecular weight excluding hydrogens is 252 g/mol. The van der Waals surface area contributed by atoms with Gasteiger partial charge in [0.25, 0.3) is 0 Å². The number of anilines is 1. The van der Waals surface area contributed by atoms with Gasteiger partial charge in [-0.3, -0.25) is 9.59 Å². The summed E-state index contributed by atoms with van der Waals surface area (Å²) < 4.78 is 0. The quantitative estimate of drug-likeness (QED) is 0.772. The zero-order chi connectivity index (χ0) is 13.9. The Morgan fingerprint density at radius 2 is 1.70 bits per heavy atom. The number of para-hydroxylation sites is 1. The molecule has 4 heteroatoms. The first-order chi connectivity index (χ1) is 9.75. The van der Waals surface area contributed by atoms with Crippen LogP contribution in [0.5, 0.6) is 0 Å². The van der Waals surface area contributed by atoms with E-state index in [0.717, 1.165) is 38.0 Å². The minimum Gasteiger partial charge on any atom is -0.342 e. The Balaban J connectivity index is 1.64. The summed E-state index contributed by atoms with van der Waals surface area (Å²) in [6.07, 6.45) is 4.21. The average Bonchev–Trinajstić information content (AvgIpc) is 2.92. The Morgan fingerprint density at radius 1 is 0.950 bits per heavy atom. The van der Waals surface area contributed by atoms with Gasteiger partial charge in [0.15, 0.2) is 0 Å². The Hall–Kier alpha value is -1.84. The second-order valence-corrected chi connectivity index (χ2v) is 5.54. The Labute approximate surface area is 119 Å². The highest BCUT2D eigenvalue weighted by Gasteiger charge is 2.27. The van der Waals surface area contributed by atoms with Gasteiger partial charge in [-0.1, -0.05) is 18.2 Å². The van der Waals surface area contributed by atoms with Crippen molar-refractivity contribution in [3.05, 3.63) is 29.8 Å². The normalized spacial score (nSPS) is 18.0. The zero-order valence-corrected chi connectivity index (χ0v) is 11.7. The number of carbonyl (C=O) groups is 2. The van der Waals surface area contributed by atoms with Gasteiger partial charge in [0, 0.05) is 25.3 Å². The lowest BCUT2D eigenvalue weighted by Crippen LogP contribution is -2.39. The van der Waals surface area contributed by atoms with Gasteiger partial charge in [0.1, 0.15) is 6.42 Å². The maximum absolute atomic E-state index is 12.3. The SMILES string of the molecule is O=C(CC(=O)N1CCc2ccccc21)N1CCCCC1. The van der Waals surface area contributed by atoms with E-state index in [1.54, 1.807) is 4.90 Å². The highest BCUT2D eigenvalue weighted by atomic mass is 16.2. The fraction of sp³-hybridized carbons (Fsp3) is 0.500. The Kier molecular flexibility index (Phi) is 3.72. The van der Waals surface area contributed by atoms with E-state index in [-0.39, 0.29) is 18.2 Å². The van der Waals surface area contributed by atoms with Gasteiger partial charge in [-0.05, 0) is 37.3 Å². The number of hydrogen-bond acceptors (Lipinski definition) is 2. The second kappa shape index (κ2) is 5.65. The van der Waals surface area contributed by atoms with Crippen molar-refractivity contribution < 1.29 is 9.59 Å². The van der Waals surface area contributed by atoms with E-state index in [2.05, 4.69) is 6.07 Å². The van der Waals surface area contributed by atoms with E-state index >= 15 is 0 Å². The molecule has 0 bridgehead atoms. The predicted molar refractivity (Wildman–Crippen MR) is 77.5 cm³/mol. The maximum Gasteiger partial charge on any atom is 0.236 e. The molecule has 2 amide bonds. The molecule has 2 heterocycles. The van der Waals surface area contributed by atoms with Crippen LogP contribution >= 0.6 is 0 Å². The fourth-order valence-corrected chi connectivity index (χ4v) is 3.08. The average molecular weight is 272 g/mol. The monoisotopic (exact) mass is 272 g/mol. The van der Waals surface area contributed by atoms with Gasteiger partial charge in [0.05, 0.1) is 0 Å². The number of carbonyl (C=O) groups excluding carboxylic acids is 2. The van der Waals surface area contributed by atoms with Crippen molar-refractivity contribution in [1.82, 2.24) is 4.90 Å². The van der Waals surface area contributed by atoms with Crippen molar-refractivity contribution >= 4 is 17.5 Å². The smallest absolute Gasteiger partial charge is 0.236 e. The molecule has 2 aliphatic rings.